The topological polar surface area (TPSA) is 17.1 Å². The normalized spacial score (nSPS) is 10.7. The summed E-state index contributed by atoms with van der Waals surface area (Å²) in [6, 6.07) is 5.76. The van der Waals surface area contributed by atoms with Crippen LogP contribution in [0.25, 0.3) is 0 Å². The van der Waals surface area contributed by atoms with E-state index in [1.165, 1.54) is 0 Å². The van der Waals surface area contributed by atoms with Crippen LogP contribution in [-0.2, 0) is 11.2 Å². The average molecular weight is 290 g/mol. The number of ketones is 1. The molecular weight excluding hydrogens is 275 g/mol. The lowest BCUT2D eigenvalue weighted by atomic mass is 10.0. The Morgan fingerprint density at radius 2 is 2.13 bits per heavy atom. The van der Waals surface area contributed by atoms with Crippen molar-refractivity contribution in [3.8, 4) is 0 Å². The van der Waals surface area contributed by atoms with Gasteiger partial charge in [-0.25, -0.2) is 0 Å². The molecule has 0 aromatic heterocycles. The molecule has 0 amide bonds. The van der Waals surface area contributed by atoms with Crippen molar-refractivity contribution < 1.29 is 4.79 Å². The molecule has 1 nitrogen and oxygen atoms in total. The monoisotopic (exact) mass is 288 g/mol. The number of rotatable bonds is 4. The molecule has 0 saturated carbocycles. The third-order valence-electron chi connectivity index (χ3n) is 2.30. The highest BCUT2D eigenvalue weighted by atomic mass is 79.9. The van der Waals surface area contributed by atoms with E-state index in [9.17, 15) is 4.79 Å². The molecule has 0 N–H and O–H groups in total. The maximum Gasteiger partial charge on any atom is 0.135 e. The van der Waals surface area contributed by atoms with Crippen LogP contribution in [0.15, 0.2) is 22.7 Å². The highest BCUT2D eigenvalue weighted by Gasteiger charge is 2.08. The number of hydrogen-bond acceptors (Lipinski definition) is 1. The van der Waals surface area contributed by atoms with E-state index >= 15 is 0 Å². The molecule has 0 atom stereocenters. The van der Waals surface area contributed by atoms with Crippen LogP contribution in [0, 0.1) is 5.92 Å². The molecule has 0 saturated heterocycles. The number of aryl methyl sites for hydroxylation is 1. The third kappa shape index (κ3) is 3.96. The molecule has 0 aliphatic rings. The van der Waals surface area contributed by atoms with Crippen molar-refractivity contribution in [1.82, 2.24) is 0 Å². The van der Waals surface area contributed by atoms with Gasteiger partial charge in [0.05, 0.1) is 0 Å². The second-order valence-corrected chi connectivity index (χ2v) is 5.18. The summed E-state index contributed by atoms with van der Waals surface area (Å²) in [4.78, 5) is 11.4. The molecule has 0 bridgehead atoms. The first-order valence-corrected chi connectivity index (χ1v) is 6.14. The highest BCUT2D eigenvalue weighted by Crippen LogP contribution is 2.22. The quantitative estimate of drug-likeness (QED) is 0.809. The van der Waals surface area contributed by atoms with Gasteiger partial charge < -0.3 is 0 Å². The van der Waals surface area contributed by atoms with Gasteiger partial charge in [-0.15, -0.1) is 0 Å². The Labute approximate surface area is 104 Å². The van der Waals surface area contributed by atoms with E-state index in [-0.39, 0.29) is 11.7 Å². The van der Waals surface area contributed by atoms with Crippen LogP contribution in [0.2, 0.25) is 5.02 Å². The van der Waals surface area contributed by atoms with Gasteiger partial charge in [0, 0.05) is 21.8 Å². The van der Waals surface area contributed by atoms with E-state index < -0.39 is 0 Å². The largest absolute Gasteiger partial charge is 0.299 e. The smallest absolute Gasteiger partial charge is 0.135 e. The van der Waals surface area contributed by atoms with Gasteiger partial charge in [-0.1, -0.05) is 47.4 Å². The van der Waals surface area contributed by atoms with E-state index in [4.69, 9.17) is 11.6 Å². The second-order valence-electron chi connectivity index (χ2n) is 3.86. The molecule has 0 radical (unpaired) electrons. The number of carbonyl (C=O) groups excluding carboxylic acids is 1. The van der Waals surface area contributed by atoms with Crippen LogP contribution in [0.3, 0.4) is 0 Å². The molecule has 3 heteroatoms. The zero-order valence-electron chi connectivity index (χ0n) is 8.89. The van der Waals surface area contributed by atoms with Gasteiger partial charge >= 0.3 is 0 Å². The molecule has 0 fully saturated rings. The zero-order valence-corrected chi connectivity index (χ0v) is 11.2. The molecule has 0 aliphatic carbocycles. The zero-order chi connectivity index (χ0) is 11.4. The maximum atomic E-state index is 11.4. The van der Waals surface area contributed by atoms with Crippen molar-refractivity contribution in [3.05, 3.63) is 33.3 Å². The average Bonchev–Trinajstić information content (AvgIpc) is 2.15. The van der Waals surface area contributed by atoms with Crippen molar-refractivity contribution in [2.45, 2.75) is 26.7 Å². The summed E-state index contributed by atoms with van der Waals surface area (Å²) >= 11 is 9.40. The van der Waals surface area contributed by atoms with Crippen molar-refractivity contribution in [1.29, 1.82) is 0 Å². The van der Waals surface area contributed by atoms with Gasteiger partial charge in [-0.2, -0.15) is 0 Å². The lowest BCUT2D eigenvalue weighted by Gasteiger charge is -2.06. The van der Waals surface area contributed by atoms with Crippen molar-refractivity contribution >= 4 is 33.3 Å². The lowest BCUT2D eigenvalue weighted by molar-refractivity contribution is -0.121. The number of halogens is 2. The fourth-order valence-corrected chi connectivity index (χ4v) is 2.04. The Kier molecular flexibility index (Phi) is 4.81. The van der Waals surface area contributed by atoms with Crippen molar-refractivity contribution in [2.75, 3.05) is 0 Å². The Morgan fingerprint density at radius 1 is 1.47 bits per heavy atom. The SMILES string of the molecule is CC(C)C(=O)CCc1ccc(Br)cc1Cl. The van der Waals surface area contributed by atoms with Gasteiger partial charge in [0.1, 0.15) is 5.78 Å². The molecule has 0 heterocycles. The van der Waals surface area contributed by atoms with Gasteiger partial charge in [-0.3, -0.25) is 4.79 Å². The van der Waals surface area contributed by atoms with Gasteiger partial charge in [0.25, 0.3) is 0 Å². The van der Waals surface area contributed by atoms with E-state index in [1.807, 2.05) is 32.0 Å². The summed E-state index contributed by atoms with van der Waals surface area (Å²) in [7, 11) is 0. The van der Waals surface area contributed by atoms with Crippen LogP contribution in [0.4, 0.5) is 0 Å². The number of benzene rings is 1. The Hall–Kier alpha value is -0.340. The molecule has 1 rings (SSSR count). The molecule has 0 aliphatic heterocycles. The highest BCUT2D eigenvalue weighted by molar-refractivity contribution is 9.10. The van der Waals surface area contributed by atoms with E-state index in [0.29, 0.717) is 6.42 Å². The maximum absolute atomic E-state index is 11.4. The summed E-state index contributed by atoms with van der Waals surface area (Å²) in [5.74, 6) is 0.396. The molecular formula is C12H14BrClO. The summed E-state index contributed by atoms with van der Waals surface area (Å²) in [5, 5.41) is 0.723. The van der Waals surface area contributed by atoms with E-state index in [0.717, 1.165) is 21.5 Å². The van der Waals surface area contributed by atoms with Crippen molar-refractivity contribution in [3.63, 3.8) is 0 Å². The Balaban J connectivity index is 2.62. The second kappa shape index (κ2) is 5.66. The summed E-state index contributed by atoms with van der Waals surface area (Å²) in [6.45, 7) is 3.84. The first kappa shape index (κ1) is 12.7. The number of carbonyl (C=O) groups is 1. The number of hydrogen-bond donors (Lipinski definition) is 0. The first-order chi connectivity index (χ1) is 7.00. The third-order valence-corrected chi connectivity index (χ3v) is 3.14. The summed E-state index contributed by atoms with van der Waals surface area (Å²) in [5.41, 5.74) is 1.04. The molecule has 82 valence electrons. The predicted octanol–water partition coefficient (Wildman–Crippen LogP) is 4.26. The molecule has 1 aromatic rings. The minimum atomic E-state index is 0.110. The van der Waals surface area contributed by atoms with Crippen LogP contribution >= 0.6 is 27.5 Å². The molecule has 0 unspecified atom stereocenters. The fourth-order valence-electron chi connectivity index (χ4n) is 1.27. The van der Waals surface area contributed by atoms with Crippen molar-refractivity contribution in [2.24, 2.45) is 5.92 Å². The Morgan fingerprint density at radius 3 is 2.67 bits per heavy atom. The fraction of sp³-hybridized carbons (Fsp3) is 0.417. The van der Waals surface area contributed by atoms with Crippen LogP contribution in [0.1, 0.15) is 25.8 Å². The van der Waals surface area contributed by atoms with E-state index in [2.05, 4.69) is 15.9 Å². The van der Waals surface area contributed by atoms with E-state index in [1.54, 1.807) is 0 Å². The summed E-state index contributed by atoms with van der Waals surface area (Å²) in [6.07, 6.45) is 1.29. The minimum Gasteiger partial charge on any atom is -0.299 e. The first-order valence-electron chi connectivity index (χ1n) is 4.97. The molecule has 1 aromatic carbocycles. The lowest BCUT2D eigenvalue weighted by Crippen LogP contribution is -2.07. The van der Waals surface area contributed by atoms with Gasteiger partial charge in [0.15, 0.2) is 0 Å². The minimum absolute atomic E-state index is 0.110. The molecule has 0 spiro atoms. The predicted molar refractivity (Wildman–Crippen MR) is 67.3 cm³/mol. The Bertz CT molecular complexity index is 361. The number of Topliss-reactive ketones (excluding diaryl/α,β-unsaturated/α-hetero) is 1. The van der Waals surface area contributed by atoms with Crippen LogP contribution in [0.5, 0.6) is 0 Å². The van der Waals surface area contributed by atoms with Crippen LogP contribution in [-0.4, -0.2) is 5.78 Å². The summed E-state index contributed by atoms with van der Waals surface area (Å²) < 4.78 is 0.964. The van der Waals surface area contributed by atoms with Gasteiger partial charge in [0.2, 0.25) is 0 Å². The van der Waals surface area contributed by atoms with Gasteiger partial charge in [-0.05, 0) is 24.1 Å². The standard InChI is InChI=1S/C12H14BrClO/c1-8(2)12(15)6-4-9-3-5-10(13)7-11(9)14/h3,5,7-8H,4,6H2,1-2H3. The van der Waals surface area contributed by atoms with Crippen LogP contribution < -0.4 is 0 Å². The molecule has 15 heavy (non-hydrogen) atoms.